The number of aromatic nitrogens is 1. The molecule has 1 N–H and O–H groups in total. The number of carbonyl (C=O) groups excluding carboxylic acids is 2. The molecule has 2 aliphatic heterocycles. The van der Waals surface area contributed by atoms with Gasteiger partial charge in [0.05, 0.1) is 22.4 Å². The van der Waals surface area contributed by atoms with Crippen LogP contribution >= 0.6 is 0 Å². The van der Waals surface area contributed by atoms with Crippen LogP contribution in [-0.4, -0.2) is 54.8 Å². The van der Waals surface area contributed by atoms with Crippen molar-refractivity contribution in [3.8, 4) is 0 Å². The molecule has 176 valence electrons. The third-order valence-corrected chi connectivity index (χ3v) is 6.99. The molecule has 0 saturated carbocycles. The first-order chi connectivity index (χ1) is 16.1. The Hall–Kier alpha value is -3.42. The predicted octanol–water partition coefficient (Wildman–Crippen LogP) is 3.81. The fraction of sp³-hybridized carbons (Fsp3) is 0.346. The molecule has 6 nitrogen and oxygen atoms in total. The number of nitrogens with one attached hydrogen (secondary N) is 1. The molecule has 34 heavy (non-hydrogen) atoms. The maximum Gasteiger partial charge on any atom is 0.846 e. The minimum absolute atomic E-state index is 0.211. The van der Waals surface area contributed by atoms with E-state index in [0.717, 1.165) is 39.8 Å². The van der Waals surface area contributed by atoms with E-state index < -0.39 is 7.26 Å². The Kier molecular flexibility index (Phi) is 5.88. The van der Waals surface area contributed by atoms with Crippen LogP contribution in [-0.2, 0) is 4.79 Å². The maximum absolute atomic E-state index is 16.3. The van der Waals surface area contributed by atoms with Gasteiger partial charge in [-0.2, -0.15) is 0 Å². The van der Waals surface area contributed by atoms with E-state index in [2.05, 4.69) is 22.3 Å². The number of allylic oxidation sites excluding steroid dienone is 2. The molecule has 0 bridgehead atoms. The Balaban J connectivity index is 2.13. The average molecular weight is 461 g/mol. The number of rotatable bonds is 5. The molecular formula is C26H31BFN4O2+. The van der Waals surface area contributed by atoms with Crippen LogP contribution in [0.3, 0.4) is 0 Å². The van der Waals surface area contributed by atoms with Gasteiger partial charge in [-0.05, 0) is 63.4 Å². The summed E-state index contributed by atoms with van der Waals surface area (Å²) in [5.41, 5.74) is 8.87. The summed E-state index contributed by atoms with van der Waals surface area (Å²) < 4.78 is 19.4. The first kappa shape index (κ1) is 23.7. The van der Waals surface area contributed by atoms with Crippen molar-refractivity contribution in [1.29, 1.82) is 0 Å². The van der Waals surface area contributed by atoms with Crippen LogP contribution in [0.1, 0.15) is 59.2 Å². The van der Waals surface area contributed by atoms with Crippen LogP contribution in [0.4, 0.5) is 10.0 Å². The van der Waals surface area contributed by atoms with Crippen molar-refractivity contribution in [2.24, 2.45) is 0 Å². The van der Waals surface area contributed by atoms with E-state index in [0.29, 0.717) is 40.5 Å². The zero-order chi connectivity index (χ0) is 25.1. The number of aldehydes is 1. The predicted molar refractivity (Wildman–Crippen MR) is 135 cm³/mol. The van der Waals surface area contributed by atoms with Crippen molar-refractivity contribution in [1.82, 2.24) is 9.79 Å². The van der Waals surface area contributed by atoms with Crippen molar-refractivity contribution in [2.75, 3.05) is 25.5 Å². The van der Waals surface area contributed by atoms with E-state index in [-0.39, 0.29) is 5.91 Å². The number of halogens is 1. The van der Waals surface area contributed by atoms with Crippen LogP contribution < -0.4 is 10.2 Å². The van der Waals surface area contributed by atoms with Crippen molar-refractivity contribution >= 4 is 36.4 Å². The molecule has 1 aromatic carbocycles. The second-order valence-electron chi connectivity index (χ2n) is 9.21. The number of amides is 1. The van der Waals surface area contributed by atoms with Crippen molar-refractivity contribution in [3.63, 3.8) is 0 Å². The molecule has 1 amide bonds. The third-order valence-electron chi connectivity index (χ3n) is 6.99. The third kappa shape index (κ3) is 3.19. The Morgan fingerprint density at radius 3 is 2.44 bits per heavy atom. The van der Waals surface area contributed by atoms with Gasteiger partial charge in [0.15, 0.2) is 17.7 Å². The highest BCUT2D eigenvalue weighted by Gasteiger charge is 2.54. The second-order valence-corrected chi connectivity index (χ2v) is 9.21. The number of aryl methyl sites for hydroxylation is 1. The highest BCUT2D eigenvalue weighted by molar-refractivity contribution is 6.44. The molecule has 4 rings (SSSR count). The fourth-order valence-electron chi connectivity index (χ4n) is 5.46. The molecule has 3 heterocycles. The van der Waals surface area contributed by atoms with Gasteiger partial charge in [0, 0.05) is 44.5 Å². The lowest BCUT2D eigenvalue weighted by Crippen LogP contribution is -2.41. The van der Waals surface area contributed by atoms with Gasteiger partial charge in [-0.1, -0.05) is 6.07 Å². The van der Waals surface area contributed by atoms with E-state index >= 15 is 4.32 Å². The number of fused-ring (bicyclic) bond motifs is 2. The molecule has 0 radical (unpaired) electrons. The Bertz CT molecular complexity index is 1350. The van der Waals surface area contributed by atoms with E-state index in [4.69, 9.17) is 0 Å². The highest BCUT2D eigenvalue weighted by atomic mass is 19.1. The van der Waals surface area contributed by atoms with Crippen LogP contribution in [0.5, 0.6) is 0 Å². The van der Waals surface area contributed by atoms with Crippen LogP contribution in [0, 0.1) is 20.8 Å². The minimum atomic E-state index is -1.56. The largest absolute Gasteiger partial charge is 0.846 e. The lowest BCUT2D eigenvalue weighted by molar-refractivity contribution is -0.337. The summed E-state index contributed by atoms with van der Waals surface area (Å²) in [6.45, 7) is 11.7. The van der Waals surface area contributed by atoms with Crippen molar-refractivity contribution in [2.45, 2.75) is 41.5 Å². The summed E-state index contributed by atoms with van der Waals surface area (Å²) in [6, 6.07) is 6.17. The van der Waals surface area contributed by atoms with Crippen molar-refractivity contribution in [3.05, 3.63) is 68.7 Å². The maximum atomic E-state index is 16.3. The topological polar surface area (TPSA) is 57.4 Å². The Morgan fingerprint density at radius 2 is 1.88 bits per heavy atom. The summed E-state index contributed by atoms with van der Waals surface area (Å²) in [5, 5.41) is 2.86. The molecule has 2 aliphatic rings. The van der Waals surface area contributed by atoms with Crippen LogP contribution in [0.2, 0.25) is 0 Å². The fourth-order valence-corrected chi connectivity index (χ4v) is 5.46. The zero-order valence-corrected chi connectivity index (χ0v) is 21.1. The Morgan fingerprint density at radius 1 is 1.21 bits per heavy atom. The van der Waals surface area contributed by atoms with Crippen molar-refractivity contribution < 1.29 is 18.4 Å². The highest BCUT2D eigenvalue weighted by Crippen LogP contribution is 2.43. The van der Waals surface area contributed by atoms with E-state index in [9.17, 15) is 9.59 Å². The number of hydrogen-bond acceptors (Lipinski definition) is 3. The lowest BCUT2D eigenvalue weighted by Gasteiger charge is -2.23. The van der Waals surface area contributed by atoms with Gasteiger partial charge in [-0.15, -0.1) is 0 Å². The molecule has 8 heteroatoms. The SMILES string of the molecule is CCNC(=O)c1c(C)c2n(c1C)B(F)[N+]1=C(C)C(C=O)=C(C)C1=C2c1ccc(N(C)C)c(C)c1. The van der Waals surface area contributed by atoms with Gasteiger partial charge >= 0.3 is 7.26 Å². The molecule has 2 aromatic rings. The first-order valence-electron chi connectivity index (χ1n) is 11.5. The second kappa shape index (κ2) is 8.42. The quantitative estimate of drug-likeness (QED) is 0.545. The normalized spacial score (nSPS) is 15.1. The number of nitrogens with zero attached hydrogens (tertiary/aromatic N) is 3. The number of carbonyl (C=O) groups is 2. The number of hydrogen-bond donors (Lipinski definition) is 1. The molecule has 0 atom stereocenters. The number of benzene rings is 1. The summed E-state index contributed by atoms with van der Waals surface area (Å²) >= 11 is 0. The molecule has 0 fully saturated rings. The van der Waals surface area contributed by atoms with Gasteiger partial charge in [-0.3, -0.25) is 14.1 Å². The standard InChI is InChI=1S/C26H30BFN4O2/c1-9-29-26(34)22-16(4)25-23(19-10-11-21(30(7)8)14(2)12-19)24-15(3)20(13-33)17(5)31(24)27(28)32(25)18(22)6/h10-13H,9H2,1-8H3/p+1. The van der Waals surface area contributed by atoms with Gasteiger partial charge in [0.2, 0.25) is 0 Å². The smallest absolute Gasteiger partial charge is 0.377 e. The number of anilines is 1. The van der Waals surface area contributed by atoms with E-state index in [1.807, 2.05) is 47.9 Å². The van der Waals surface area contributed by atoms with Crippen LogP contribution in [0.15, 0.2) is 35.0 Å². The van der Waals surface area contributed by atoms with Gasteiger partial charge in [0.25, 0.3) is 5.91 Å². The lowest BCUT2D eigenvalue weighted by atomic mass is 9.86. The summed E-state index contributed by atoms with van der Waals surface area (Å²) in [4.78, 5) is 26.9. The Labute approximate surface area is 200 Å². The van der Waals surface area contributed by atoms with Gasteiger partial charge < -0.3 is 10.2 Å². The molecule has 0 unspecified atom stereocenters. The molecular weight excluding hydrogens is 430 g/mol. The molecule has 0 aliphatic carbocycles. The summed E-state index contributed by atoms with van der Waals surface area (Å²) in [7, 11) is 2.43. The first-order valence-corrected chi connectivity index (χ1v) is 11.5. The minimum Gasteiger partial charge on any atom is -0.377 e. The van der Waals surface area contributed by atoms with E-state index in [1.54, 1.807) is 22.8 Å². The summed E-state index contributed by atoms with van der Waals surface area (Å²) in [6.07, 6.45) is 0.801. The molecule has 0 spiro atoms. The van der Waals surface area contributed by atoms with Gasteiger partial charge in [0.1, 0.15) is 0 Å². The molecule has 1 aromatic heterocycles. The van der Waals surface area contributed by atoms with Gasteiger partial charge in [-0.25, -0.2) is 8.80 Å². The van der Waals surface area contributed by atoms with Crippen LogP contribution in [0.25, 0.3) is 5.57 Å². The molecule has 0 saturated heterocycles. The zero-order valence-electron chi connectivity index (χ0n) is 21.1. The summed E-state index contributed by atoms with van der Waals surface area (Å²) in [5.74, 6) is -0.211. The average Bonchev–Trinajstić information content (AvgIpc) is 3.18. The monoisotopic (exact) mass is 461 g/mol. The van der Waals surface area contributed by atoms with E-state index in [1.165, 1.54) is 0 Å².